The van der Waals surface area contributed by atoms with Crippen molar-refractivity contribution in [2.45, 2.75) is 26.1 Å². The molecular formula is C12H15BrF3NS. The van der Waals surface area contributed by atoms with Gasteiger partial charge >= 0.3 is 6.18 Å². The van der Waals surface area contributed by atoms with Crippen LogP contribution in [0.25, 0.3) is 0 Å². The summed E-state index contributed by atoms with van der Waals surface area (Å²) < 4.78 is 39.1. The molecule has 0 saturated carbocycles. The van der Waals surface area contributed by atoms with E-state index < -0.39 is 11.7 Å². The number of benzene rings is 1. The molecule has 0 spiro atoms. The van der Waals surface area contributed by atoms with Crippen molar-refractivity contribution in [3.8, 4) is 0 Å². The number of rotatable bonds is 5. The lowest BCUT2D eigenvalue weighted by molar-refractivity contribution is -0.137. The van der Waals surface area contributed by atoms with Gasteiger partial charge in [-0.15, -0.1) is 0 Å². The second-order valence-corrected chi connectivity index (χ2v) is 6.13. The summed E-state index contributed by atoms with van der Waals surface area (Å²) in [6.45, 7) is 3.90. The summed E-state index contributed by atoms with van der Waals surface area (Å²) in [5.41, 5.74) is -0.500. The fourth-order valence-corrected chi connectivity index (χ4v) is 2.52. The van der Waals surface area contributed by atoms with Gasteiger partial charge in [0, 0.05) is 22.0 Å². The van der Waals surface area contributed by atoms with E-state index in [9.17, 15) is 13.2 Å². The van der Waals surface area contributed by atoms with E-state index in [2.05, 4.69) is 21.2 Å². The first-order valence-electron chi connectivity index (χ1n) is 5.55. The van der Waals surface area contributed by atoms with Gasteiger partial charge in [0.05, 0.1) is 5.56 Å². The minimum atomic E-state index is -4.33. The number of anilines is 1. The first-order chi connectivity index (χ1) is 8.34. The van der Waals surface area contributed by atoms with Gasteiger partial charge in [-0.25, -0.2) is 0 Å². The Labute approximate surface area is 118 Å². The van der Waals surface area contributed by atoms with Gasteiger partial charge in [-0.05, 0) is 30.9 Å². The summed E-state index contributed by atoms with van der Waals surface area (Å²) in [4.78, 5) is 0. The summed E-state index contributed by atoms with van der Waals surface area (Å²) in [6, 6.07) is 3.95. The molecule has 1 rings (SSSR count). The number of nitrogens with one attached hydrogen (secondary N) is 1. The standard InChI is InChI=1S/C12H15BrF3NS/c1-3-18-7-8(2)17-11-6-9(13)4-5-10(11)12(14,15)16/h4-6,8,17H,3,7H2,1-2H3. The van der Waals surface area contributed by atoms with Crippen molar-refractivity contribution in [3.63, 3.8) is 0 Å². The highest BCUT2D eigenvalue weighted by Crippen LogP contribution is 2.36. The van der Waals surface area contributed by atoms with Crippen molar-refractivity contribution < 1.29 is 13.2 Å². The molecule has 0 bridgehead atoms. The third-order valence-corrected chi connectivity index (χ3v) is 3.90. The molecule has 0 aliphatic carbocycles. The molecule has 1 nitrogen and oxygen atoms in total. The molecule has 18 heavy (non-hydrogen) atoms. The number of alkyl halides is 3. The van der Waals surface area contributed by atoms with Crippen LogP contribution in [0, 0.1) is 0 Å². The lowest BCUT2D eigenvalue weighted by Gasteiger charge is -2.19. The first-order valence-corrected chi connectivity index (χ1v) is 7.50. The maximum absolute atomic E-state index is 12.8. The van der Waals surface area contributed by atoms with E-state index in [0.29, 0.717) is 4.47 Å². The predicted molar refractivity (Wildman–Crippen MR) is 75.2 cm³/mol. The van der Waals surface area contributed by atoms with Crippen LogP contribution < -0.4 is 5.32 Å². The van der Waals surface area contributed by atoms with E-state index in [1.165, 1.54) is 12.1 Å². The van der Waals surface area contributed by atoms with E-state index in [1.807, 2.05) is 13.8 Å². The zero-order valence-electron chi connectivity index (χ0n) is 10.1. The minimum Gasteiger partial charge on any atom is -0.381 e. The lowest BCUT2D eigenvalue weighted by Crippen LogP contribution is -2.21. The molecule has 0 fully saturated rings. The topological polar surface area (TPSA) is 12.0 Å². The van der Waals surface area contributed by atoms with Crippen molar-refractivity contribution >= 4 is 33.4 Å². The third kappa shape index (κ3) is 4.72. The van der Waals surface area contributed by atoms with Crippen LogP contribution >= 0.6 is 27.7 Å². The third-order valence-electron chi connectivity index (χ3n) is 2.26. The normalized spacial score (nSPS) is 13.4. The number of hydrogen-bond donors (Lipinski definition) is 1. The Hall–Kier alpha value is -0.360. The second kappa shape index (κ2) is 6.70. The maximum Gasteiger partial charge on any atom is 0.418 e. The van der Waals surface area contributed by atoms with Crippen LogP contribution in [0.15, 0.2) is 22.7 Å². The molecule has 0 saturated heterocycles. The van der Waals surface area contributed by atoms with Crippen LogP contribution in [0.3, 0.4) is 0 Å². The molecule has 0 aliphatic rings. The van der Waals surface area contributed by atoms with E-state index in [0.717, 1.165) is 17.6 Å². The van der Waals surface area contributed by atoms with Crippen molar-refractivity contribution in [2.75, 3.05) is 16.8 Å². The minimum absolute atomic E-state index is 0.00894. The van der Waals surface area contributed by atoms with Crippen molar-refractivity contribution in [2.24, 2.45) is 0 Å². The molecule has 6 heteroatoms. The maximum atomic E-state index is 12.8. The van der Waals surface area contributed by atoms with Gasteiger partial charge in [-0.3, -0.25) is 0 Å². The molecule has 1 aromatic carbocycles. The highest BCUT2D eigenvalue weighted by Gasteiger charge is 2.33. The molecule has 1 N–H and O–H groups in total. The van der Waals surface area contributed by atoms with E-state index in [-0.39, 0.29) is 11.7 Å². The number of halogens is 4. The van der Waals surface area contributed by atoms with Gasteiger partial charge in [0.25, 0.3) is 0 Å². The molecule has 0 radical (unpaired) electrons. The summed E-state index contributed by atoms with van der Waals surface area (Å²) >= 11 is 4.89. The van der Waals surface area contributed by atoms with Crippen LogP contribution in [-0.2, 0) is 6.18 Å². The van der Waals surface area contributed by atoms with Gasteiger partial charge in [0.1, 0.15) is 0 Å². The van der Waals surface area contributed by atoms with Crippen molar-refractivity contribution in [1.82, 2.24) is 0 Å². The summed E-state index contributed by atoms with van der Waals surface area (Å²) in [6.07, 6.45) is -4.33. The Morgan fingerprint density at radius 1 is 1.39 bits per heavy atom. The number of thioether (sulfide) groups is 1. The van der Waals surface area contributed by atoms with Gasteiger partial charge in [0.2, 0.25) is 0 Å². The molecule has 1 aromatic rings. The van der Waals surface area contributed by atoms with Crippen LogP contribution in [0.2, 0.25) is 0 Å². The van der Waals surface area contributed by atoms with Crippen LogP contribution in [0.1, 0.15) is 19.4 Å². The Kier molecular flexibility index (Phi) is 5.85. The SMILES string of the molecule is CCSCC(C)Nc1cc(Br)ccc1C(F)(F)F. The molecule has 0 heterocycles. The summed E-state index contributed by atoms with van der Waals surface area (Å²) in [5.74, 6) is 1.73. The number of hydrogen-bond acceptors (Lipinski definition) is 2. The highest BCUT2D eigenvalue weighted by molar-refractivity contribution is 9.10. The van der Waals surface area contributed by atoms with Crippen LogP contribution in [0.4, 0.5) is 18.9 Å². The predicted octanol–water partition coefficient (Wildman–Crippen LogP) is 5.02. The molecule has 1 atom stereocenters. The van der Waals surface area contributed by atoms with Crippen LogP contribution in [0.5, 0.6) is 0 Å². The van der Waals surface area contributed by atoms with E-state index in [4.69, 9.17) is 0 Å². The fraction of sp³-hybridized carbons (Fsp3) is 0.500. The van der Waals surface area contributed by atoms with Gasteiger partial charge in [0.15, 0.2) is 0 Å². The Balaban J connectivity index is 2.89. The smallest absolute Gasteiger partial charge is 0.381 e. The molecule has 102 valence electrons. The molecule has 0 aliphatic heterocycles. The van der Waals surface area contributed by atoms with E-state index >= 15 is 0 Å². The molecule has 0 aromatic heterocycles. The Morgan fingerprint density at radius 3 is 2.61 bits per heavy atom. The quantitative estimate of drug-likeness (QED) is 0.806. The second-order valence-electron chi connectivity index (χ2n) is 3.89. The van der Waals surface area contributed by atoms with Crippen molar-refractivity contribution in [3.05, 3.63) is 28.2 Å². The largest absolute Gasteiger partial charge is 0.418 e. The fourth-order valence-electron chi connectivity index (χ4n) is 1.48. The van der Waals surface area contributed by atoms with Crippen LogP contribution in [-0.4, -0.2) is 17.5 Å². The van der Waals surface area contributed by atoms with Gasteiger partial charge < -0.3 is 5.32 Å². The molecule has 0 amide bonds. The van der Waals surface area contributed by atoms with Gasteiger partial charge in [-0.1, -0.05) is 22.9 Å². The Bertz CT molecular complexity index is 395. The first kappa shape index (κ1) is 15.7. The molecular weight excluding hydrogens is 327 g/mol. The zero-order valence-corrected chi connectivity index (χ0v) is 12.5. The highest BCUT2D eigenvalue weighted by atomic mass is 79.9. The monoisotopic (exact) mass is 341 g/mol. The lowest BCUT2D eigenvalue weighted by atomic mass is 10.1. The zero-order chi connectivity index (χ0) is 13.8. The Morgan fingerprint density at radius 2 is 2.06 bits per heavy atom. The van der Waals surface area contributed by atoms with Gasteiger partial charge in [-0.2, -0.15) is 24.9 Å². The average Bonchev–Trinajstić information content (AvgIpc) is 2.24. The molecule has 1 unspecified atom stereocenters. The summed E-state index contributed by atoms with van der Waals surface area (Å²) in [7, 11) is 0. The average molecular weight is 342 g/mol. The summed E-state index contributed by atoms with van der Waals surface area (Å²) in [5, 5.41) is 2.92. The van der Waals surface area contributed by atoms with Crippen molar-refractivity contribution in [1.29, 1.82) is 0 Å². The van der Waals surface area contributed by atoms with E-state index in [1.54, 1.807) is 11.8 Å².